The Balaban J connectivity index is 1.90. The number of hydrogen-bond acceptors (Lipinski definition) is 4. The van der Waals surface area contributed by atoms with Gasteiger partial charge >= 0.3 is 6.03 Å². The number of hydrogen-bond donors (Lipinski definition) is 4. The van der Waals surface area contributed by atoms with Gasteiger partial charge in [-0.3, -0.25) is 10.1 Å². The molecule has 0 spiro atoms. The van der Waals surface area contributed by atoms with E-state index in [4.69, 9.17) is 0 Å². The third-order valence-electron chi connectivity index (χ3n) is 4.10. The second-order valence-corrected chi connectivity index (χ2v) is 5.42. The Morgan fingerprint density at radius 3 is 2.50 bits per heavy atom. The number of nitrogens with zero attached hydrogens (tertiary/aromatic N) is 1. The van der Waals surface area contributed by atoms with Gasteiger partial charge in [0.25, 0.3) is 5.91 Å². The highest BCUT2D eigenvalue weighted by Crippen LogP contribution is 2.25. The fourth-order valence-corrected chi connectivity index (χ4v) is 2.67. The zero-order chi connectivity index (χ0) is 16.1. The summed E-state index contributed by atoms with van der Waals surface area (Å²) in [6, 6.07) is 6.49. The van der Waals surface area contributed by atoms with Crippen LogP contribution in [0.15, 0.2) is 24.3 Å². The fraction of sp³-hybridized carbons (Fsp3) is 0.467. The Kier molecular flexibility index (Phi) is 5.21. The highest BCUT2D eigenvalue weighted by molar-refractivity contribution is 5.96. The molecule has 22 heavy (non-hydrogen) atoms. The molecule has 1 fully saturated rings. The number of piperazine rings is 1. The van der Waals surface area contributed by atoms with Crippen molar-refractivity contribution in [1.29, 1.82) is 0 Å². The Labute approximate surface area is 129 Å². The van der Waals surface area contributed by atoms with E-state index < -0.39 is 6.03 Å². The summed E-state index contributed by atoms with van der Waals surface area (Å²) in [6.07, 6.45) is 0. The SMILES string of the molecule is CNC(=O)NC(=O)[C@@H](C)[NH+]1CCN(c2ccccc2O)CC1. The number of aromatic hydroxyl groups is 1. The summed E-state index contributed by atoms with van der Waals surface area (Å²) in [5, 5.41) is 14.6. The lowest BCUT2D eigenvalue weighted by molar-refractivity contribution is -0.914. The molecular formula is C15H23N4O3+. The number of carbonyl (C=O) groups excluding carboxylic acids is 2. The van der Waals surface area contributed by atoms with Gasteiger partial charge in [-0.1, -0.05) is 12.1 Å². The average molecular weight is 307 g/mol. The minimum atomic E-state index is -0.482. The molecule has 0 bridgehead atoms. The summed E-state index contributed by atoms with van der Waals surface area (Å²) >= 11 is 0. The van der Waals surface area contributed by atoms with Gasteiger partial charge in [0.2, 0.25) is 0 Å². The number of amides is 3. The summed E-state index contributed by atoms with van der Waals surface area (Å²) in [7, 11) is 1.48. The smallest absolute Gasteiger partial charge is 0.321 e. The highest BCUT2D eigenvalue weighted by atomic mass is 16.3. The van der Waals surface area contributed by atoms with Gasteiger partial charge in [0.15, 0.2) is 6.04 Å². The molecule has 7 heteroatoms. The van der Waals surface area contributed by atoms with E-state index in [0.717, 1.165) is 36.8 Å². The molecule has 0 unspecified atom stereocenters. The molecule has 1 saturated heterocycles. The minimum absolute atomic E-state index is 0.273. The van der Waals surface area contributed by atoms with Gasteiger partial charge in [0.05, 0.1) is 31.9 Å². The lowest BCUT2D eigenvalue weighted by Crippen LogP contribution is -3.19. The summed E-state index contributed by atoms with van der Waals surface area (Å²) in [6.45, 7) is 4.88. The molecule has 2 rings (SSSR count). The summed E-state index contributed by atoms with van der Waals surface area (Å²) in [4.78, 5) is 26.4. The van der Waals surface area contributed by atoms with Crippen molar-refractivity contribution in [2.75, 3.05) is 38.1 Å². The van der Waals surface area contributed by atoms with Crippen LogP contribution < -0.4 is 20.4 Å². The van der Waals surface area contributed by atoms with E-state index in [0.29, 0.717) is 0 Å². The van der Waals surface area contributed by atoms with Crippen molar-refractivity contribution in [3.05, 3.63) is 24.3 Å². The molecular weight excluding hydrogens is 284 g/mol. The van der Waals surface area contributed by atoms with Gasteiger partial charge < -0.3 is 20.2 Å². The summed E-state index contributed by atoms with van der Waals surface area (Å²) in [5.74, 6) is 0.00159. The number of phenolic OH excluding ortho intramolecular Hbond substituents is 1. The first kappa shape index (κ1) is 16.1. The van der Waals surface area contributed by atoms with Crippen LogP contribution in [0.1, 0.15) is 6.92 Å². The monoisotopic (exact) mass is 307 g/mol. The molecule has 1 aromatic rings. The maximum Gasteiger partial charge on any atom is 0.321 e. The van der Waals surface area contributed by atoms with Crippen LogP contribution in [0.5, 0.6) is 5.75 Å². The number of benzene rings is 1. The van der Waals surface area contributed by atoms with E-state index in [-0.39, 0.29) is 17.7 Å². The Hall–Kier alpha value is -2.28. The van der Waals surface area contributed by atoms with Crippen molar-refractivity contribution < 1.29 is 19.6 Å². The Morgan fingerprint density at radius 1 is 1.27 bits per heavy atom. The molecule has 1 aliphatic heterocycles. The van der Waals surface area contributed by atoms with Gasteiger partial charge in [-0.2, -0.15) is 0 Å². The first-order valence-electron chi connectivity index (χ1n) is 7.43. The Morgan fingerprint density at radius 2 is 1.91 bits per heavy atom. The fourth-order valence-electron chi connectivity index (χ4n) is 2.67. The molecule has 120 valence electrons. The molecule has 0 aliphatic carbocycles. The first-order valence-corrected chi connectivity index (χ1v) is 7.43. The van der Waals surface area contributed by atoms with Gasteiger partial charge in [0.1, 0.15) is 5.75 Å². The zero-order valence-corrected chi connectivity index (χ0v) is 12.9. The summed E-state index contributed by atoms with van der Waals surface area (Å²) in [5.41, 5.74) is 0.823. The van der Waals surface area contributed by atoms with Crippen molar-refractivity contribution in [3.63, 3.8) is 0 Å². The Bertz CT molecular complexity index is 541. The second-order valence-electron chi connectivity index (χ2n) is 5.42. The van der Waals surface area contributed by atoms with Crippen LogP contribution in [0.2, 0.25) is 0 Å². The van der Waals surface area contributed by atoms with Crippen LogP contribution in [-0.2, 0) is 4.79 Å². The minimum Gasteiger partial charge on any atom is -0.506 e. The van der Waals surface area contributed by atoms with Crippen LogP contribution >= 0.6 is 0 Å². The number of phenols is 1. The molecule has 0 radical (unpaired) electrons. The van der Waals surface area contributed by atoms with Crippen molar-refractivity contribution in [1.82, 2.24) is 10.6 Å². The van der Waals surface area contributed by atoms with E-state index in [1.807, 2.05) is 19.1 Å². The molecule has 1 aromatic carbocycles. The second kappa shape index (κ2) is 7.13. The van der Waals surface area contributed by atoms with Crippen molar-refractivity contribution in [3.8, 4) is 5.75 Å². The normalized spacial score (nSPS) is 16.9. The third-order valence-corrected chi connectivity index (χ3v) is 4.10. The van der Waals surface area contributed by atoms with Gasteiger partial charge in [-0.05, 0) is 19.1 Å². The highest BCUT2D eigenvalue weighted by Gasteiger charge is 2.30. The van der Waals surface area contributed by atoms with Crippen molar-refractivity contribution in [2.24, 2.45) is 0 Å². The van der Waals surface area contributed by atoms with E-state index in [1.165, 1.54) is 7.05 Å². The molecule has 1 heterocycles. The number of quaternary nitrogens is 1. The quantitative estimate of drug-likeness (QED) is 0.573. The third kappa shape index (κ3) is 3.67. The van der Waals surface area contributed by atoms with E-state index >= 15 is 0 Å². The molecule has 7 nitrogen and oxygen atoms in total. The lowest BCUT2D eigenvalue weighted by atomic mass is 10.2. The van der Waals surface area contributed by atoms with Crippen LogP contribution in [0, 0.1) is 0 Å². The van der Waals surface area contributed by atoms with Crippen molar-refractivity contribution in [2.45, 2.75) is 13.0 Å². The number of urea groups is 1. The van der Waals surface area contributed by atoms with Crippen LogP contribution in [-0.4, -0.2) is 56.3 Å². The molecule has 1 atom stereocenters. The number of nitrogens with one attached hydrogen (secondary N) is 3. The molecule has 1 aliphatic rings. The number of anilines is 1. The van der Waals surface area contributed by atoms with E-state index in [1.54, 1.807) is 12.1 Å². The van der Waals surface area contributed by atoms with E-state index in [2.05, 4.69) is 15.5 Å². The average Bonchev–Trinajstić information content (AvgIpc) is 2.54. The van der Waals surface area contributed by atoms with Crippen LogP contribution in [0.25, 0.3) is 0 Å². The van der Waals surface area contributed by atoms with Crippen LogP contribution in [0.3, 0.4) is 0 Å². The predicted molar refractivity (Wildman–Crippen MR) is 83.1 cm³/mol. The maximum absolute atomic E-state index is 12.0. The molecule has 4 N–H and O–H groups in total. The summed E-state index contributed by atoms with van der Waals surface area (Å²) < 4.78 is 0. The molecule has 3 amide bonds. The predicted octanol–water partition coefficient (Wildman–Crippen LogP) is -1.06. The zero-order valence-electron chi connectivity index (χ0n) is 12.9. The number of imide groups is 1. The van der Waals surface area contributed by atoms with Gasteiger partial charge in [-0.15, -0.1) is 0 Å². The maximum atomic E-state index is 12.0. The van der Waals surface area contributed by atoms with E-state index in [9.17, 15) is 14.7 Å². The number of rotatable bonds is 3. The lowest BCUT2D eigenvalue weighted by Gasteiger charge is -2.36. The molecule has 0 saturated carbocycles. The number of carbonyl (C=O) groups is 2. The number of para-hydroxylation sites is 2. The first-order chi connectivity index (χ1) is 10.5. The standard InChI is InChI=1S/C15H22N4O3/c1-11(14(21)17-15(22)16-2)18-7-9-19(10-8-18)12-5-3-4-6-13(12)20/h3-6,11,20H,7-10H2,1-2H3,(H2,16,17,21,22)/p+1/t11-/m1/s1. The largest absolute Gasteiger partial charge is 0.506 e. The molecule has 0 aromatic heterocycles. The van der Waals surface area contributed by atoms with Gasteiger partial charge in [-0.25, -0.2) is 4.79 Å². The van der Waals surface area contributed by atoms with Crippen LogP contribution in [0.4, 0.5) is 10.5 Å². The topological polar surface area (TPSA) is 86.1 Å². The van der Waals surface area contributed by atoms with Crippen molar-refractivity contribution >= 4 is 17.6 Å². The van der Waals surface area contributed by atoms with Gasteiger partial charge in [0, 0.05) is 7.05 Å².